The molecule has 0 spiro atoms. The Hall–Kier alpha value is -3.66. The minimum absolute atomic E-state index is 0.192. The van der Waals surface area contributed by atoms with Gasteiger partial charge in [-0.25, -0.2) is 4.79 Å². The van der Waals surface area contributed by atoms with Gasteiger partial charge in [0.25, 0.3) is 0 Å². The van der Waals surface area contributed by atoms with E-state index in [1.807, 2.05) is 36.4 Å². The van der Waals surface area contributed by atoms with E-state index >= 15 is 0 Å². The van der Waals surface area contributed by atoms with Crippen LogP contribution in [-0.4, -0.2) is 5.97 Å². The standard InChI is InChI=1S/C22H14O4/c23-19-14-21(15-7-3-1-4-8-15)26-20-12-11-17(13-18(19)20)25-22(24)16-9-5-2-6-10-16/h1-14H. The first-order chi connectivity index (χ1) is 12.7. The van der Waals surface area contributed by atoms with Crippen molar-refractivity contribution in [1.29, 1.82) is 0 Å². The van der Waals surface area contributed by atoms with Crippen LogP contribution in [0.4, 0.5) is 0 Å². The lowest BCUT2D eigenvalue weighted by molar-refractivity contribution is 0.0735. The molecule has 0 fully saturated rings. The number of carbonyl (C=O) groups is 1. The Kier molecular flexibility index (Phi) is 4.07. The quantitative estimate of drug-likeness (QED) is 0.401. The number of fused-ring (bicyclic) bond motifs is 1. The van der Waals surface area contributed by atoms with Gasteiger partial charge in [-0.15, -0.1) is 0 Å². The monoisotopic (exact) mass is 342 g/mol. The van der Waals surface area contributed by atoms with Crippen LogP contribution >= 0.6 is 0 Å². The molecule has 0 aliphatic carbocycles. The largest absolute Gasteiger partial charge is 0.456 e. The Bertz CT molecular complexity index is 1130. The normalized spacial score (nSPS) is 10.6. The van der Waals surface area contributed by atoms with Crippen molar-refractivity contribution in [1.82, 2.24) is 0 Å². The highest BCUT2D eigenvalue weighted by Gasteiger charge is 2.11. The Morgan fingerprint density at radius 2 is 1.50 bits per heavy atom. The van der Waals surface area contributed by atoms with Gasteiger partial charge in [-0.1, -0.05) is 48.5 Å². The van der Waals surface area contributed by atoms with Gasteiger partial charge in [0.2, 0.25) is 0 Å². The van der Waals surface area contributed by atoms with Crippen LogP contribution in [0, 0.1) is 0 Å². The first-order valence-electron chi connectivity index (χ1n) is 8.11. The molecule has 3 aromatic carbocycles. The highest BCUT2D eigenvalue weighted by atomic mass is 16.5. The van der Waals surface area contributed by atoms with Gasteiger partial charge in [0.1, 0.15) is 17.1 Å². The maximum atomic E-state index is 12.5. The van der Waals surface area contributed by atoms with Crippen LogP contribution in [0.15, 0.2) is 94.1 Å². The fraction of sp³-hybridized carbons (Fsp3) is 0. The summed E-state index contributed by atoms with van der Waals surface area (Å²) in [6, 6.07) is 24.3. The minimum atomic E-state index is -0.477. The van der Waals surface area contributed by atoms with Gasteiger partial charge in [-0.2, -0.15) is 0 Å². The van der Waals surface area contributed by atoms with Crippen LogP contribution in [0.25, 0.3) is 22.3 Å². The highest BCUT2D eigenvalue weighted by Crippen LogP contribution is 2.24. The maximum Gasteiger partial charge on any atom is 0.343 e. The summed E-state index contributed by atoms with van der Waals surface area (Å²) in [6.07, 6.45) is 0. The van der Waals surface area contributed by atoms with Crippen molar-refractivity contribution in [3.05, 3.63) is 101 Å². The molecule has 0 amide bonds. The molecule has 0 atom stereocenters. The summed E-state index contributed by atoms with van der Waals surface area (Å²) < 4.78 is 11.2. The number of benzene rings is 3. The summed E-state index contributed by atoms with van der Waals surface area (Å²) in [5.74, 6) is 0.318. The van der Waals surface area contributed by atoms with Gasteiger partial charge >= 0.3 is 5.97 Å². The van der Waals surface area contributed by atoms with Crippen LogP contribution in [0.1, 0.15) is 10.4 Å². The molecule has 4 aromatic rings. The third-order valence-electron chi connectivity index (χ3n) is 3.98. The number of rotatable bonds is 3. The molecule has 4 heteroatoms. The predicted octanol–water partition coefficient (Wildman–Crippen LogP) is 4.68. The number of hydrogen-bond donors (Lipinski definition) is 0. The molecule has 0 N–H and O–H groups in total. The van der Waals surface area contributed by atoms with Crippen molar-refractivity contribution in [3.63, 3.8) is 0 Å². The van der Waals surface area contributed by atoms with E-state index in [9.17, 15) is 9.59 Å². The Morgan fingerprint density at radius 3 is 2.23 bits per heavy atom. The summed E-state index contributed by atoms with van der Waals surface area (Å²) in [6.45, 7) is 0. The highest BCUT2D eigenvalue weighted by molar-refractivity contribution is 5.91. The van der Waals surface area contributed by atoms with Crippen LogP contribution in [0.5, 0.6) is 5.75 Å². The van der Waals surface area contributed by atoms with Gasteiger partial charge in [0, 0.05) is 11.6 Å². The third-order valence-corrected chi connectivity index (χ3v) is 3.98. The van der Waals surface area contributed by atoms with Crippen LogP contribution in [-0.2, 0) is 0 Å². The van der Waals surface area contributed by atoms with Crippen LogP contribution in [0.3, 0.4) is 0 Å². The van der Waals surface area contributed by atoms with E-state index in [2.05, 4.69) is 0 Å². The second-order valence-electron chi connectivity index (χ2n) is 5.75. The van der Waals surface area contributed by atoms with Gasteiger partial charge in [-0.3, -0.25) is 4.79 Å². The molecule has 1 aromatic heterocycles. The Labute approximate surface area is 149 Å². The number of esters is 1. The molecule has 0 unspecified atom stereocenters. The molecule has 0 saturated carbocycles. The average molecular weight is 342 g/mol. The molecule has 0 saturated heterocycles. The molecular formula is C22H14O4. The number of carbonyl (C=O) groups excluding carboxylic acids is 1. The van der Waals surface area contributed by atoms with Gasteiger partial charge < -0.3 is 9.15 Å². The average Bonchev–Trinajstić information content (AvgIpc) is 2.69. The van der Waals surface area contributed by atoms with E-state index in [1.54, 1.807) is 36.4 Å². The van der Waals surface area contributed by atoms with Crippen molar-refractivity contribution >= 4 is 16.9 Å². The maximum absolute atomic E-state index is 12.5. The predicted molar refractivity (Wildman–Crippen MR) is 99.3 cm³/mol. The van der Waals surface area contributed by atoms with Crippen LogP contribution in [0.2, 0.25) is 0 Å². The van der Waals surface area contributed by atoms with Gasteiger partial charge in [-0.05, 0) is 30.3 Å². The molecule has 0 aliphatic rings. The van der Waals surface area contributed by atoms with Gasteiger partial charge in [0.05, 0.1) is 10.9 Å². The molecule has 1 heterocycles. The van der Waals surface area contributed by atoms with E-state index in [4.69, 9.17) is 9.15 Å². The molecule has 0 aliphatic heterocycles. The first kappa shape index (κ1) is 15.8. The minimum Gasteiger partial charge on any atom is -0.456 e. The second kappa shape index (κ2) is 6.69. The van der Waals surface area contributed by atoms with E-state index in [1.165, 1.54) is 12.1 Å². The van der Waals surface area contributed by atoms with Crippen molar-refractivity contribution in [2.45, 2.75) is 0 Å². The zero-order chi connectivity index (χ0) is 17.9. The lowest BCUT2D eigenvalue weighted by atomic mass is 10.1. The molecule has 4 rings (SSSR count). The fourth-order valence-corrected chi connectivity index (χ4v) is 2.68. The molecule has 0 bridgehead atoms. The van der Waals surface area contributed by atoms with Crippen molar-refractivity contribution in [3.8, 4) is 17.1 Å². The molecule has 126 valence electrons. The van der Waals surface area contributed by atoms with Gasteiger partial charge in [0.15, 0.2) is 5.43 Å². The topological polar surface area (TPSA) is 56.5 Å². The summed E-state index contributed by atoms with van der Waals surface area (Å²) in [4.78, 5) is 24.6. The summed E-state index contributed by atoms with van der Waals surface area (Å²) in [5, 5.41) is 0.364. The van der Waals surface area contributed by atoms with E-state index in [-0.39, 0.29) is 5.43 Å². The SMILES string of the molecule is O=C(Oc1ccc2oc(-c3ccccc3)cc(=O)c2c1)c1ccccc1. The molecule has 26 heavy (non-hydrogen) atoms. The third kappa shape index (κ3) is 3.13. The van der Waals surface area contributed by atoms with E-state index in [0.717, 1.165) is 5.56 Å². The zero-order valence-electron chi connectivity index (χ0n) is 13.7. The van der Waals surface area contributed by atoms with Crippen molar-refractivity contribution < 1.29 is 13.9 Å². The smallest absolute Gasteiger partial charge is 0.343 e. The van der Waals surface area contributed by atoms with E-state index < -0.39 is 5.97 Å². The number of ether oxygens (including phenoxy) is 1. The summed E-state index contributed by atoms with van der Waals surface area (Å²) in [5.41, 5.74) is 1.52. The zero-order valence-corrected chi connectivity index (χ0v) is 13.7. The Balaban J connectivity index is 1.69. The molecule has 4 nitrogen and oxygen atoms in total. The summed E-state index contributed by atoms with van der Waals surface area (Å²) >= 11 is 0. The van der Waals surface area contributed by atoms with Crippen LogP contribution < -0.4 is 10.2 Å². The van der Waals surface area contributed by atoms with E-state index in [0.29, 0.717) is 28.0 Å². The second-order valence-corrected chi connectivity index (χ2v) is 5.75. The molecule has 0 radical (unpaired) electrons. The fourth-order valence-electron chi connectivity index (χ4n) is 2.68. The number of hydrogen-bond acceptors (Lipinski definition) is 4. The Morgan fingerprint density at radius 1 is 0.808 bits per heavy atom. The molecular weight excluding hydrogens is 328 g/mol. The lowest BCUT2D eigenvalue weighted by Crippen LogP contribution is -2.08. The summed E-state index contributed by atoms with van der Waals surface area (Å²) in [7, 11) is 0. The van der Waals surface area contributed by atoms with Crippen molar-refractivity contribution in [2.24, 2.45) is 0 Å². The first-order valence-corrected chi connectivity index (χ1v) is 8.11. The van der Waals surface area contributed by atoms with Crippen molar-refractivity contribution in [2.75, 3.05) is 0 Å². The lowest BCUT2D eigenvalue weighted by Gasteiger charge is -2.06.